The van der Waals surface area contributed by atoms with Crippen molar-refractivity contribution in [1.29, 1.82) is 0 Å². The Balaban J connectivity index is 2.60. The second-order valence-electron chi connectivity index (χ2n) is 5.86. The Labute approximate surface area is 122 Å². The molecular weight excluding hydrogens is 274 g/mol. The zero-order valence-corrected chi connectivity index (χ0v) is 13.6. The van der Waals surface area contributed by atoms with Crippen LogP contribution in [0.25, 0.3) is 0 Å². The number of hydrogen-bond acceptors (Lipinski definition) is 3. The lowest BCUT2D eigenvalue weighted by Gasteiger charge is -2.19. The molecule has 0 saturated carbocycles. The van der Waals surface area contributed by atoms with Crippen LogP contribution in [-0.4, -0.2) is 19.8 Å². The van der Waals surface area contributed by atoms with Gasteiger partial charge < -0.3 is 4.74 Å². The Morgan fingerprint density at radius 2 is 1.85 bits per heavy atom. The first-order chi connectivity index (χ1) is 9.22. The largest absolute Gasteiger partial charge is 0.371 e. The fourth-order valence-corrected chi connectivity index (χ4v) is 2.73. The number of ether oxygens (including phenoxy) is 1. The normalized spacial score (nSPS) is 12.6. The summed E-state index contributed by atoms with van der Waals surface area (Å²) < 4.78 is 31.5. The fourth-order valence-electron chi connectivity index (χ4n) is 1.66. The molecule has 20 heavy (non-hydrogen) atoms. The highest BCUT2D eigenvalue weighted by Gasteiger charge is 2.11. The molecule has 0 atom stereocenters. The van der Waals surface area contributed by atoms with E-state index in [0.29, 0.717) is 19.6 Å². The maximum Gasteiger partial charge on any atom is 0.211 e. The molecule has 1 aromatic rings. The smallest absolute Gasteiger partial charge is 0.211 e. The average Bonchev–Trinajstić information content (AvgIpc) is 2.34. The van der Waals surface area contributed by atoms with Gasteiger partial charge >= 0.3 is 0 Å². The van der Waals surface area contributed by atoms with Crippen LogP contribution in [-0.2, 0) is 27.9 Å². The van der Waals surface area contributed by atoms with Crippen molar-refractivity contribution < 1.29 is 13.2 Å². The van der Waals surface area contributed by atoms with Crippen molar-refractivity contribution in [3.05, 3.63) is 35.4 Å². The summed E-state index contributed by atoms with van der Waals surface area (Å²) in [5.74, 6) is 0.166. The van der Waals surface area contributed by atoms with E-state index in [1.807, 2.05) is 52.0 Å². The number of nitrogens with one attached hydrogen (secondary N) is 1. The fraction of sp³-hybridized carbons (Fsp3) is 0.600. The molecule has 1 aromatic carbocycles. The maximum atomic E-state index is 11.6. The lowest BCUT2D eigenvalue weighted by atomic mass is 10.1. The van der Waals surface area contributed by atoms with E-state index in [-0.39, 0.29) is 11.4 Å². The molecule has 1 N–H and O–H groups in total. The van der Waals surface area contributed by atoms with Crippen LogP contribution < -0.4 is 4.72 Å². The molecule has 0 radical (unpaired) electrons. The summed E-state index contributed by atoms with van der Waals surface area (Å²) in [7, 11) is -3.16. The summed E-state index contributed by atoms with van der Waals surface area (Å²) in [6, 6.07) is 7.79. The van der Waals surface area contributed by atoms with Crippen LogP contribution in [0.1, 0.15) is 45.2 Å². The second kappa shape index (κ2) is 7.20. The third-order valence-electron chi connectivity index (χ3n) is 2.63. The van der Waals surface area contributed by atoms with Crippen molar-refractivity contribution in [1.82, 2.24) is 4.72 Å². The predicted octanol–water partition coefficient (Wildman–Crippen LogP) is 2.83. The van der Waals surface area contributed by atoms with Gasteiger partial charge in [0.25, 0.3) is 0 Å². The monoisotopic (exact) mass is 299 g/mol. The summed E-state index contributed by atoms with van der Waals surface area (Å²) in [4.78, 5) is 0. The third kappa shape index (κ3) is 7.03. The summed E-state index contributed by atoms with van der Waals surface area (Å²) in [5, 5.41) is 0. The molecule has 0 unspecified atom stereocenters. The van der Waals surface area contributed by atoms with Gasteiger partial charge in [-0.05, 0) is 38.3 Å². The van der Waals surface area contributed by atoms with Crippen molar-refractivity contribution in [3.8, 4) is 0 Å². The van der Waals surface area contributed by atoms with E-state index in [4.69, 9.17) is 4.74 Å². The van der Waals surface area contributed by atoms with Gasteiger partial charge in [0, 0.05) is 6.54 Å². The van der Waals surface area contributed by atoms with Crippen LogP contribution in [0.2, 0.25) is 0 Å². The van der Waals surface area contributed by atoms with E-state index in [0.717, 1.165) is 11.1 Å². The Hall–Kier alpha value is -0.910. The first kappa shape index (κ1) is 17.1. The summed E-state index contributed by atoms with van der Waals surface area (Å²) >= 11 is 0. The van der Waals surface area contributed by atoms with Gasteiger partial charge in [0.15, 0.2) is 0 Å². The Morgan fingerprint density at radius 1 is 1.20 bits per heavy atom. The second-order valence-corrected chi connectivity index (χ2v) is 7.79. The van der Waals surface area contributed by atoms with Crippen molar-refractivity contribution in [2.45, 2.75) is 52.9 Å². The molecule has 0 aliphatic carbocycles. The van der Waals surface area contributed by atoms with Crippen molar-refractivity contribution in [2.24, 2.45) is 0 Å². The molecule has 0 heterocycles. The molecular formula is C15H25NO3S. The SMILES string of the molecule is CCCS(=O)(=O)NCc1cccc(COC(C)(C)C)c1. The highest BCUT2D eigenvalue weighted by Crippen LogP contribution is 2.13. The maximum absolute atomic E-state index is 11.6. The molecule has 1 rings (SSSR count). The Bertz CT molecular complexity index is 518. The van der Waals surface area contributed by atoms with Crippen LogP contribution in [0, 0.1) is 0 Å². The number of sulfonamides is 1. The van der Waals surface area contributed by atoms with Gasteiger partial charge in [-0.25, -0.2) is 13.1 Å². The van der Waals surface area contributed by atoms with Gasteiger partial charge in [-0.2, -0.15) is 0 Å². The van der Waals surface area contributed by atoms with Crippen molar-refractivity contribution in [3.63, 3.8) is 0 Å². The van der Waals surface area contributed by atoms with E-state index in [9.17, 15) is 8.42 Å². The van der Waals surface area contributed by atoms with Crippen LogP contribution >= 0.6 is 0 Å². The molecule has 0 saturated heterocycles. The third-order valence-corrected chi connectivity index (χ3v) is 4.16. The summed E-state index contributed by atoms with van der Waals surface area (Å²) in [6.45, 7) is 8.73. The van der Waals surface area contributed by atoms with Crippen molar-refractivity contribution >= 4 is 10.0 Å². The van der Waals surface area contributed by atoms with Crippen molar-refractivity contribution in [2.75, 3.05) is 5.75 Å². The molecule has 0 aliphatic rings. The lowest BCUT2D eigenvalue weighted by molar-refractivity contribution is -0.0149. The number of rotatable bonds is 7. The molecule has 0 aliphatic heterocycles. The van der Waals surface area contributed by atoms with E-state index < -0.39 is 10.0 Å². The summed E-state index contributed by atoms with van der Waals surface area (Å²) in [6.07, 6.45) is 0.620. The minimum atomic E-state index is -3.16. The minimum absolute atomic E-state index is 0.166. The minimum Gasteiger partial charge on any atom is -0.371 e. The number of benzene rings is 1. The average molecular weight is 299 g/mol. The Morgan fingerprint density at radius 3 is 2.45 bits per heavy atom. The lowest BCUT2D eigenvalue weighted by Crippen LogP contribution is -2.25. The van der Waals surface area contributed by atoms with Gasteiger partial charge in [0.1, 0.15) is 0 Å². The summed E-state index contributed by atoms with van der Waals surface area (Å²) in [5.41, 5.74) is 1.81. The molecule has 5 heteroatoms. The zero-order valence-electron chi connectivity index (χ0n) is 12.8. The van der Waals surface area contributed by atoms with E-state index in [2.05, 4.69) is 4.72 Å². The van der Waals surface area contributed by atoms with Crippen LogP contribution in [0.3, 0.4) is 0 Å². The van der Waals surface area contributed by atoms with Crippen LogP contribution in [0.4, 0.5) is 0 Å². The van der Waals surface area contributed by atoms with Gasteiger partial charge in [-0.3, -0.25) is 0 Å². The topological polar surface area (TPSA) is 55.4 Å². The van der Waals surface area contributed by atoms with Crippen LogP contribution in [0.15, 0.2) is 24.3 Å². The number of hydrogen-bond donors (Lipinski definition) is 1. The quantitative estimate of drug-likeness (QED) is 0.842. The molecule has 4 nitrogen and oxygen atoms in total. The van der Waals surface area contributed by atoms with E-state index >= 15 is 0 Å². The van der Waals surface area contributed by atoms with Gasteiger partial charge in [-0.15, -0.1) is 0 Å². The first-order valence-electron chi connectivity index (χ1n) is 6.91. The zero-order chi connectivity index (χ0) is 15.2. The standard InChI is InChI=1S/C15H25NO3S/c1-5-9-20(17,18)16-11-13-7-6-8-14(10-13)12-19-15(2,3)4/h6-8,10,16H,5,9,11-12H2,1-4H3. The predicted molar refractivity (Wildman–Crippen MR) is 81.9 cm³/mol. The first-order valence-corrected chi connectivity index (χ1v) is 8.56. The highest BCUT2D eigenvalue weighted by molar-refractivity contribution is 7.89. The molecule has 114 valence electrons. The van der Waals surface area contributed by atoms with Gasteiger partial charge in [-0.1, -0.05) is 31.2 Å². The van der Waals surface area contributed by atoms with E-state index in [1.54, 1.807) is 0 Å². The Kier molecular flexibility index (Phi) is 6.17. The molecule has 0 aromatic heterocycles. The highest BCUT2D eigenvalue weighted by atomic mass is 32.2. The van der Waals surface area contributed by atoms with Crippen LogP contribution in [0.5, 0.6) is 0 Å². The van der Waals surface area contributed by atoms with E-state index in [1.165, 1.54) is 0 Å². The van der Waals surface area contributed by atoms with Gasteiger partial charge in [0.2, 0.25) is 10.0 Å². The molecule has 0 amide bonds. The molecule has 0 spiro atoms. The molecule has 0 fully saturated rings. The van der Waals surface area contributed by atoms with Gasteiger partial charge in [0.05, 0.1) is 18.0 Å². The molecule has 0 bridgehead atoms.